The zero-order valence-corrected chi connectivity index (χ0v) is 18.3. The molecule has 0 fully saturated rings. The zero-order chi connectivity index (χ0) is 22.2. The third-order valence-electron chi connectivity index (χ3n) is 5.72. The second-order valence-corrected chi connectivity index (χ2v) is 8.84. The van der Waals surface area contributed by atoms with E-state index >= 15 is 0 Å². The fraction of sp³-hybridized carbons (Fsp3) is 0.273. The van der Waals surface area contributed by atoms with Gasteiger partial charge in [-0.05, 0) is 47.7 Å². The molecule has 0 aliphatic carbocycles. The summed E-state index contributed by atoms with van der Waals surface area (Å²) in [6, 6.07) is 10.1. The van der Waals surface area contributed by atoms with Crippen molar-refractivity contribution in [1.29, 1.82) is 0 Å². The van der Waals surface area contributed by atoms with Crippen molar-refractivity contribution in [1.82, 2.24) is 19.5 Å². The molecule has 0 saturated heterocycles. The summed E-state index contributed by atoms with van der Waals surface area (Å²) in [5, 5.41) is 5.05. The summed E-state index contributed by atoms with van der Waals surface area (Å²) >= 11 is 1.82. The third kappa shape index (κ3) is 3.84. The molecule has 3 aromatic heterocycles. The number of amides is 1. The number of thiophene rings is 1. The summed E-state index contributed by atoms with van der Waals surface area (Å²) in [5.74, 6) is 0.331. The number of imidazole rings is 1. The first-order valence-corrected chi connectivity index (χ1v) is 11.2. The van der Waals surface area contributed by atoms with Crippen LogP contribution in [0, 0.1) is 0 Å². The molecule has 0 bridgehead atoms. The number of hydrogen-bond donors (Lipinski definition) is 3. The Morgan fingerprint density at radius 3 is 2.81 bits per heavy atom. The standard InChI is InChI=1S/C22H22N6O3S/c1-27-20-19(21(30)26-22(27)31)24-17(25-20)6-7-18(29)23-14-2-4-15(5-3-14)28-10-8-16-13(12-28)9-11-32-16/h2-5,9,11H,6-8,10,12H2,1H3,(H,23,29)(H,24,25)(H,26,30,31). The first kappa shape index (κ1) is 20.3. The number of aryl methyl sites for hydroxylation is 2. The molecule has 0 radical (unpaired) electrons. The van der Waals surface area contributed by atoms with Crippen LogP contribution >= 0.6 is 11.3 Å². The second kappa shape index (κ2) is 8.12. The van der Waals surface area contributed by atoms with E-state index in [0.717, 1.165) is 30.9 Å². The van der Waals surface area contributed by atoms with Crippen molar-refractivity contribution in [3.05, 3.63) is 72.8 Å². The molecule has 0 atom stereocenters. The molecular formula is C22H22N6O3S. The van der Waals surface area contributed by atoms with Gasteiger partial charge in [0.1, 0.15) is 11.3 Å². The smallest absolute Gasteiger partial charge is 0.329 e. The summed E-state index contributed by atoms with van der Waals surface area (Å²) in [5.41, 5.74) is 2.72. The van der Waals surface area contributed by atoms with E-state index in [1.807, 2.05) is 35.6 Å². The van der Waals surface area contributed by atoms with Crippen LogP contribution in [0.5, 0.6) is 0 Å². The van der Waals surface area contributed by atoms with Gasteiger partial charge in [0.25, 0.3) is 5.56 Å². The second-order valence-electron chi connectivity index (χ2n) is 7.84. The van der Waals surface area contributed by atoms with Crippen molar-refractivity contribution in [2.24, 2.45) is 7.05 Å². The summed E-state index contributed by atoms with van der Waals surface area (Å²) in [6.45, 7) is 1.90. The Morgan fingerprint density at radius 2 is 2.00 bits per heavy atom. The number of benzene rings is 1. The van der Waals surface area contributed by atoms with Gasteiger partial charge in [-0.2, -0.15) is 0 Å². The summed E-state index contributed by atoms with van der Waals surface area (Å²) in [4.78, 5) is 49.2. The Kier molecular flexibility index (Phi) is 5.14. The van der Waals surface area contributed by atoms with Crippen molar-refractivity contribution in [2.45, 2.75) is 25.8 Å². The number of H-pyrrole nitrogens is 2. The van der Waals surface area contributed by atoms with E-state index in [-0.39, 0.29) is 23.5 Å². The molecule has 0 spiro atoms. The van der Waals surface area contributed by atoms with Gasteiger partial charge in [0.15, 0.2) is 5.65 Å². The van der Waals surface area contributed by atoms with E-state index in [9.17, 15) is 14.4 Å². The number of rotatable bonds is 5. The number of aromatic nitrogens is 4. The molecule has 164 valence electrons. The van der Waals surface area contributed by atoms with Gasteiger partial charge < -0.3 is 15.2 Å². The molecule has 10 heteroatoms. The first-order valence-electron chi connectivity index (χ1n) is 10.4. The van der Waals surface area contributed by atoms with Crippen LogP contribution in [0.2, 0.25) is 0 Å². The van der Waals surface area contributed by atoms with E-state index in [2.05, 4.69) is 36.6 Å². The van der Waals surface area contributed by atoms with Gasteiger partial charge in [-0.3, -0.25) is 19.1 Å². The lowest BCUT2D eigenvalue weighted by Crippen LogP contribution is -2.29. The maximum Gasteiger partial charge on any atom is 0.329 e. The van der Waals surface area contributed by atoms with Crippen molar-refractivity contribution in [3.8, 4) is 0 Å². The number of carbonyl (C=O) groups excluding carboxylic acids is 1. The van der Waals surface area contributed by atoms with Crippen LogP contribution in [0.25, 0.3) is 11.2 Å². The van der Waals surface area contributed by atoms with Crippen LogP contribution in [0.3, 0.4) is 0 Å². The van der Waals surface area contributed by atoms with Crippen LogP contribution in [-0.2, 0) is 31.2 Å². The van der Waals surface area contributed by atoms with Gasteiger partial charge in [0.05, 0.1) is 0 Å². The van der Waals surface area contributed by atoms with Gasteiger partial charge in [0, 0.05) is 49.2 Å². The molecule has 4 heterocycles. The molecule has 1 aliphatic rings. The molecule has 5 rings (SSSR count). The number of fused-ring (bicyclic) bond motifs is 2. The summed E-state index contributed by atoms with van der Waals surface area (Å²) in [6.07, 6.45) is 1.58. The van der Waals surface area contributed by atoms with Gasteiger partial charge in [-0.15, -0.1) is 11.3 Å². The Bertz CT molecular complexity index is 1410. The Morgan fingerprint density at radius 1 is 1.19 bits per heavy atom. The Labute approximate surface area is 186 Å². The van der Waals surface area contributed by atoms with Crippen molar-refractivity contribution < 1.29 is 4.79 Å². The van der Waals surface area contributed by atoms with Crippen LogP contribution in [0.1, 0.15) is 22.7 Å². The highest BCUT2D eigenvalue weighted by Gasteiger charge is 2.17. The topological polar surface area (TPSA) is 116 Å². The fourth-order valence-corrected chi connectivity index (χ4v) is 4.84. The monoisotopic (exact) mass is 450 g/mol. The van der Waals surface area contributed by atoms with Gasteiger partial charge in [-0.25, -0.2) is 9.78 Å². The van der Waals surface area contributed by atoms with Crippen molar-refractivity contribution in [3.63, 3.8) is 0 Å². The molecule has 4 aromatic rings. The maximum atomic E-state index is 12.4. The van der Waals surface area contributed by atoms with Gasteiger partial charge in [-0.1, -0.05) is 0 Å². The number of nitrogens with zero attached hydrogens (tertiary/aromatic N) is 3. The minimum atomic E-state index is -0.526. The molecule has 0 saturated carbocycles. The first-order chi connectivity index (χ1) is 15.5. The van der Waals surface area contributed by atoms with E-state index in [1.165, 1.54) is 22.1 Å². The normalized spacial score (nSPS) is 13.3. The highest BCUT2D eigenvalue weighted by Crippen LogP contribution is 2.28. The molecule has 32 heavy (non-hydrogen) atoms. The summed E-state index contributed by atoms with van der Waals surface area (Å²) in [7, 11) is 1.53. The zero-order valence-electron chi connectivity index (χ0n) is 17.5. The number of aromatic amines is 2. The van der Waals surface area contributed by atoms with E-state index < -0.39 is 11.2 Å². The third-order valence-corrected chi connectivity index (χ3v) is 6.74. The highest BCUT2D eigenvalue weighted by atomic mass is 32.1. The lowest BCUT2D eigenvalue weighted by Gasteiger charge is -2.29. The highest BCUT2D eigenvalue weighted by molar-refractivity contribution is 7.10. The van der Waals surface area contributed by atoms with Crippen LogP contribution < -0.4 is 21.5 Å². The van der Waals surface area contributed by atoms with Gasteiger partial charge in [0.2, 0.25) is 5.91 Å². The Balaban J connectivity index is 1.20. The van der Waals surface area contributed by atoms with Crippen LogP contribution in [-0.4, -0.2) is 32.0 Å². The number of carbonyl (C=O) groups is 1. The minimum Gasteiger partial charge on any atom is -0.367 e. The largest absolute Gasteiger partial charge is 0.367 e. The predicted octanol–water partition coefficient (Wildman–Crippen LogP) is 2.15. The van der Waals surface area contributed by atoms with E-state index in [1.54, 1.807) is 0 Å². The minimum absolute atomic E-state index is 0.151. The maximum absolute atomic E-state index is 12.4. The summed E-state index contributed by atoms with van der Waals surface area (Å²) < 4.78 is 1.26. The molecule has 3 N–H and O–H groups in total. The van der Waals surface area contributed by atoms with Crippen LogP contribution in [0.15, 0.2) is 45.3 Å². The predicted molar refractivity (Wildman–Crippen MR) is 124 cm³/mol. The SMILES string of the molecule is Cn1c(=O)[nH]c(=O)c2[nH]c(CCC(=O)Nc3ccc(N4CCc5sccc5C4)cc3)nc21. The number of anilines is 2. The number of hydrogen-bond acceptors (Lipinski definition) is 6. The molecule has 0 unspecified atom stereocenters. The molecule has 1 aliphatic heterocycles. The van der Waals surface area contributed by atoms with Crippen LogP contribution in [0.4, 0.5) is 11.4 Å². The number of nitrogens with one attached hydrogen (secondary N) is 3. The molecule has 1 aromatic carbocycles. The molecule has 9 nitrogen and oxygen atoms in total. The average molecular weight is 451 g/mol. The quantitative estimate of drug-likeness (QED) is 0.431. The Hall–Kier alpha value is -3.66. The molecule has 1 amide bonds. The lowest BCUT2D eigenvalue weighted by molar-refractivity contribution is -0.116. The van der Waals surface area contributed by atoms with Gasteiger partial charge >= 0.3 is 5.69 Å². The van der Waals surface area contributed by atoms with Crippen molar-refractivity contribution >= 4 is 39.8 Å². The van der Waals surface area contributed by atoms with E-state index in [4.69, 9.17) is 0 Å². The fourth-order valence-electron chi connectivity index (χ4n) is 3.95. The molecular weight excluding hydrogens is 428 g/mol. The van der Waals surface area contributed by atoms with Crippen molar-refractivity contribution in [2.75, 3.05) is 16.8 Å². The average Bonchev–Trinajstić information content (AvgIpc) is 3.44. The van der Waals surface area contributed by atoms with E-state index in [0.29, 0.717) is 12.2 Å². The lowest BCUT2D eigenvalue weighted by atomic mass is 10.1.